The Bertz CT molecular complexity index is 2590. The molecule has 6 aliphatic rings. The number of amides is 6. The van der Waals surface area contributed by atoms with Crippen molar-refractivity contribution in [2.75, 3.05) is 6.61 Å². The molecule has 79 heavy (non-hydrogen) atoms. The molecule has 21 heteroatoms. The fourth-order valence-electron chi connectivity index (χ4n) is 10.7. The van der Waals surface area contributed by atoms with Crippen molar-refractivity contribution in [1.82, 2.24) is 31.1 Å². The molecule has 7 N–H and O–H groups in total. The largest absolute Gasteiger partial charge is 1.00 e. The van der Waals surface area contributed by atoms with Crippen molar-refractivity contribution in [1.29, 1.82) is 0 Å². The molecule has 2 aliphatic carbocycles. The van der Waals surface area contributed by atoms with Gasteiger partial charge in [-0.3, -0.25) is 29.7 Å². The molecule has 4 aliphatic heterocycles. The zero-order valence-electron chi connectivity index (χ0n) is 48.1. The topological polar surface area (TPSA) is 280 Å². The zero-order valence-corrected chi connectivity index (χ0v) is 47.1. The van der Waals surface area contributed by atoms with E-state index < -0.39 is 82.4 Å². The first-order valence-electron chi connectivity index (χ1n) is 27.4. The van der Waals surface area contributed by atoms with Gasteiger partial charge in [-0.15, -0.1) is 0 Å². The first-order valence-corrected chi connectivity index (χ1v) is 27.4. The average molecular weight is 1090 g/mol. The van der Waals surface area contributed by atoms with E-state index in [9.17, 15) is 43.5 Å². The van der Waals surface area contributed by atoms with Crippen LogP contribution in [0, 0.1) is 11.8 Å². The van der Waals surface area contributed by atoms with Gasteiger partial charge in [0.05, 0.1) is 6.61 Å². The second kappa shape index (κ2) is 27.8. The summed E-state index contributed by atoms with van der Waals surface area (Å²) in [6, 6.07) is 11.9. The maximum atomic E-state index is 14.1. The third-order valence-corrected chi connectivity index (χ3v) is 14.9. The molecule has 8 rings (SSSR count). The number of fused-ring (bicyclic) bond motifs is 6. The van der Waals surface area contributed by atoms with Crippen LogP contribution in [0.4, 0.5) is 9.59 Å². The fourth-order valence-corrected chi connectivity index (χ4v) is 10.7. The van der Waals surface area contributed by atoms with E-state index in [4.69, 9.17) is 24.7 Å². The summed E-state index contributed by atoms with van der Waals surface area (Å²) in [7, 11) is 0. The number of carbonyl (C=O) groups is 8. The van der Waals surface area contributed by atoms with Gasteiger partial charge in [0.1, 0.15) is 46.4 Å². The van der Waals surface area contributed by atoms with Crippen LogP contribution in [-0.2, 0) is 68.9 Å². The molecule has 428 valence electrons. The number of alkyl carbamates (subject to hydrolysis) is 2. The first kappa shape index (κ1) is 63.6. The molecule has 2 saturated carbocycles. The van der Waals surface area contributed by atoms with Gasteiger partial charge in [0.25, 0.3) is 0 Å². The maximum Gasteiger partial charge on any atom is 1.00 e. The van der Waals surface area contributed by atoms with E-state index in [0.29, 0.717) is 38.5 Å². The fraction of sp³-hybridized carbons (Fsp3) is 0.586. The Kier molecular flexibility index (Phi) is 22.4. The molecule has 0 aromatic heterocycles. The number of aliphatic carboxylic acids is 1. The van der Waals surface area contributed by atoms with Crippen molar-refractivity contribution in [2.24, 2.45) is 11.8 Å². The molecule has 8 atom stereocenters. The van der Waals surface area contributed by atoms with Crippen LogP contribution in [0.5, 0.6) is 0 Å². The van der Waals surface area contributed by atoms with E-state index in [2.05, 4.69) is 27.3 Å². The van der Waals surface area contributed by atoms with E-state index in [0.717, 1.165) is 67.2 Å². The van der Waals surface area contributed by atoms with Crippen LogP contribution in [0.3, 0.4) is 0 Å². The predicted molar refractivity (Wildman–Crippen MR) is 288 cm³/mol. The Morgan fingerprint density at radius 1 is 0.633 bits per heavy atom. The van der Waals surface area contributed by atoms with Crippen molar-refractivity contribution in [3.05, 3.63) is 95.1 Å². The van der Waals surface area contributed by atoms with Crippen LogP contribution in [0.15, 0.2) is 72.8 Å². The number of rotatable bonds is 5. The molecule has 4 heterocycles. The molecule has 20 nitrogen and oxygen atoms in total. The second-order valence-electron chi connectivity index (χ2n) is 23.0. The van der Waals surface area contributed by atoms with Crippen molar-refractivity contribution in [3.8, 4) is 0 Å². The van der Waals surface area contributed by atoms with Crippen LogP contribution in [0.2, 0.25) is 0 Å². The molecule has 2 unspecified atom stereocenters. The molecule has 0 radical (unpaired) electrons. The second-order valence-corrected chi connectivity index (χ2v) is 23.0. The molecule has 0 spiro atoms. The Hall–Kier alpha value is -6.20. The number of hydrogen-bond donors (Lipinski definition) is 7. The Morgan fingerprint density at radius 3 is 1.43 bits per heavy atom. The van der Waals surface area contributed by atoms with Crippen molar-refractivity contribution < 1.29 is 88.5 Å². The number of allylic oxidation sites excluding steroid dienone is 2. The van der Waals surface area contributed by atoms with Gasteiger partial charge in [0.15, 0.2) is 0 Å². The normalized spacial score (nSPS) is 27.8. The summed E-state index contributed by atoms with van der Waals surface area (Å²) in [5.41, 5.74) is -0.111. The van der Waals surface area contributed by atoms with Gasteiger partial charge >= 0.3 is 43.0 Å². The molecule has 0 saturated heterocycles. The number of nitrogens with zero attached hydrogens (tertiary/aromatic N) is 2. The van der Waals surface area contributed by atoms with Gasteiger partial charge < -0.3 is 51.8 Å². The Labute approximate surface area is 476 Å². The molecular formula is C58H81LiN6O14. The number of ether oxygens (including phenoxy) is 3. The van der Waals surface area contributed by atoms with Gasteiger partial charge in [0.2, 0.25) is 23.6 Å². The van der Waals surface area contributed by atoms with Crippen LogP contribution in [0.1, 0.15) is 149 Å². The first-order chi connectivity index (χ1) is 37.0. The smallest absolute Gasteiger partial charge is 1.00 e. The number of carboxylic acids is 1. The number of hydrogen-bond acceptors (Lipinski definition) is 13. The Morgan fingerprint density at radius 2 is 1.03 bits per heavy atom. The van der Waals surface area contributed by atoms with E-state index in [-0.39, 0.29) is 70.1 Å². The van der Waals surface area contributed by atoms with Crippen molar-refractivity contribution >= 4 is 47.8 Å². The van der Waals surface area contributed by atoms with Crippen LogP contribution >= 0.6 is 0 Å². The third-order valence-electron chi connectivity index (χ3n) is 14.9. The summed E-state index contributed by atoms with van der Waals surface area (Å²) in [4.78, 5) is 109. The van der Waals surface area contributed by atoms with Crippen molar-refractivity contribution in [3.63, 3.8) is 0 Å². The van der Waals surface area contributed by atoms with Crippen LogP contribution in [-0.4, -0.2) is 126 Å². The maximum absolute atomic E-state index is 14.1. The molecule has 2 aromatic carbocycles. The molecule has 2 fully saturated rings. The van der Waals surface area contributed by atoms with Gasteiger partial charge in [0, 0.05) is 37.8 Å². The van der Waals surface area contributed by atoms with E-state index in [1.165, 1.54) is 4.90 Å². The number of carbonyl (C=O) groups excluding carboxylic acids is 7. The molecular weight excluding hydrogens is 1010 g/mol. The molecule has 6 amide bonds. The summed E-state index contributed by atoms with van der Waals surface area (Å²) < 4.78 is 16.2. The van der Waals surface area contributed by atoms with E-state index in [1.807, 2.05) is 66.8 Å². The van der Waals surface area contributed by atoms with Crippen LogP contribution < -0.4 is 40.1 Å². The minimum absolute atomic E-state index is 0. The standard InChI is InChI=1S/C30H41N3O6.C28H37N3O6.Li.H2O2.H/c1-5-38-27(36)30-18-22(30)15-9-7-6-8-10-16-23(31-28(37)39-29(2,3)4)26(35)33-19-21-14-12-11-13-20(21)17-24(33)25(34)32-30;1-27(2,3)37-26(36)29-21-14-8-6-4-5-7-13-20-16-28(20,25(34)35)30-23(32)22-15-18-11-9-10-12-19(18)17-31(22)24(21)33;;1-2;/h9,11-15,22-24H,5-8,10,16-19H2,1-4H3,(H,31,37)(H,32,34);7,9-13,20-22H,4-6,8,14-17H2,1-3H3,(H,29,36)(H,30,32)(H,34,35);;1-2H;/q;;+1;;-1/b15-9-;13-7-;;;/t22-,23+,24?,30-;20-,21+,22?,28-;;;/m11.../s1. The number of esters is 1. The summed E-state index contributed by atoms with van der Waals surface area (Å²) in [6.45, 7) is 13.0. The zero-order chi connectivity index (χ0) is 57.0. The number of carboxylic acid groups (broad SMARTS) is 1. The average Bonchev–Trinajstić information content (AvgIpc) is 4.30. The van der Waals surface area contributed by atoms with E-state index in [1.54, 1.807) is 53.4 Å². The van der Waals surface area contributed by atoms with Gasteiger partial charge in [-0.25, -0.2) is 19.2 Å². The monoisotopic (exact) mass is 1090 g/mol. The van der Waals surface area contributed by atoms with E-state index >= 15 is 0 Å². The summed E-state index contributed by atoms with van der Waals surface area (Å²) in [6.07, 6.45) is 15.4. The van der Waals surface area contributed by atoms with Gasteiger partial charge in [-0.05, 0) is 122 Å². The molecule has 2 aromatic rings. The quantitative estimate of drug-likeness (QED) is 0.0551. The Balaban J connectivity index is 0.000000327. The van der Waals surface area contributed by atoms with Crippen molar-refractivity contribution in [2.45, 2.75) is 198 Å². The van der Waals surface area contributed by atoms with Crippen LogP contribution in [0.25, 0.3) is 0 Å². The van der Waals surface area contributed by atoms with Gasteiger partial charge in [-0.1, -0.05) is 98.5 Å². The number of benzene rings is 2. The minimum atomic E-state index is -1.35. The number of nitrogens with one attached hydrogen (secondary N) is 4. The SMILES string of the molecule is CC(C)(C)OC(=O)N[C@H]1CCCCC/C=C\[C@@H]2C[C@@]2(C(=O)O)NC(=O)C2Cc3ccccc3CN2C1=O.CCOC(=O)[C@@]12C[C@H]1/C=C\CCCCC[C@H](NC(=O)OC(C)(C)C)C(=O)N1Cc3ccccc3CC1C(=O)N2.OO.[H-].[Li+]. The summed E-state index contributed by atoms with van der Waals surface area (Å²) in [5.74, 6) is -3.53. The van der Waals surface area contributed by atoms with Gasteiger partial charge in [-0.2, -0.15) is 0 Å². The minimum Gasteiger partial charge on any atom is -1.00 e. The summed E-state index contributed by atoms with van der Waals surface area (Å²) >= 11 is 0. The predicted octanol–water partition coefficient (Wildman–Crippen LogP) is 4.24. The summed E-state index contributed by atoms with van der Waals surface area (Å²) in [5, 5.41) is 33.2. The molecule has 0 bridgehead atoms. The third kappa shape index (κ3) is 16.7.